The number of rotatable bonds is 2. The van der Waals surface area contributed by atoms with Crippen LogP contribution < -0.4 is 0 Å². The summed E-state index contributed by atoms with van der Waals surface area (Å²) >= 11 is 0. The fourth-order valence-corrected chi connectivity index (χ4v) is 3.67. The van der Waals surface area contributed by atoms with E-state index in [1.165, 1.54) is 33.5 Å². The fourth-order valence-electron chi connectivity index (χ4n) is 3.67. The quantitative estimate of drug-likeness (QED) is 0.440. The smallest absolute Gasteiger partial charge is 0.0959 e. The van der Waals surface area contributed by atoms with Gasteiger partial charge in [-0.1, -0.05) is 78.9 Å². The molecule has 0 saturated heterocycles. The van der Waals surface area contributed by atoms with E-state index in [0.717, 1.165) is 0 Å². The van der Waals surface area contributed by atoms with E-state index in [1.807, 2.05) is 18.6 Å². The van der Waals surface area contributed by atoms with Gasteiger partial charge in [0.05, 0.1) is 24.3 Å². The first-order valence-corrected chi connectivity index (χ1v) is 8.18. The molecule has 24 heavy (non-hydrogen) atoms. The minimum Gasteiger partial charge on any atom is -0.319 e. The van der Waals surface area contributed by atoms with Gasteiger partial charge in [-0.15, -0.1) is 0 Å². The van der Waals surface area contributed by atoms with Crippen molar-refractivity contribution in [2.45, 2.75) is 6.04 Å². The van der Waals surface area contributed by atoms with Crippen LogP contribution in [0, 0.1) is 0 Å². The third-order valence-electron chi connectivity index (χ3n) is 4.81. The molecule has 2 nitrogen and oxygen atoms in total. The summed E-state index contributed by atoms with van der Waals surface area (Å²) in [7, 11) is 0. The molecule has 0 radical (unpaired) electrons. The average molecular weight is 308 g/mol. The van der Waals surface area contributed by atoms with Crippen LogP contribution in [0.4, 0.5) is 0 Å². The van der Waals surface area contributed by atoms with Crippen LogP contribution in [0.25, 0.3) is 22.4 Å². The van der Waals surface area contributed by atoms with Gasteiger partial charge in [0.25, 0.3) is 0 Å². The van der Waals surface area contributed by atoms with Crippen LogP contribution in [0.1, 0.15) is 17.2 Å². The highest BCUT2D eigenvalue weighted by Gasteiger charge is 2.28. The molecule has 1 unspecified atom stereocenters. The summed E-state index contributed by atoms with van der Waals surface area (Å²) in [6.07, 6.45) is 3.89. The lowest BCUT2D eigenvalue weighted by Crippen LogP contribution is -2.06. The van der Waals surface area contributed by atoms with Gasteiger partial charge in [-0.2, -0.15) is 0 Å². The van der Waals surface area contributed by atoms with E-state index in [9.17, 15) is 0 Å². The van der Waals surface area contributed by atoms with Gasteiger partial charge in [-0.25, -0.2) is 4.98 Å². The van der Waals surface area contributed by atoms with E-state index >= 15 is 0 Å². The maximum absolute atomic E-state index is 4.35. The number of nitrogens with zero attached hydrogens (tertiary/aromatic N) is 2. The van der Waals surface area contributed by atoms with Crippen molar-refractivity contribution in [1.29, 1.82) is 0 Å². The van der Waals surface area contributed by atoms with Gasteiger partial charge in [0.15, 0.2) is 0 Å². The van der Waals surface area contributed by atoms with Crippen LogP contribution in [0.2, 0.25) is 0 Å². The Morgan fingerprint density at radius 3 is 2.25 bits per heavy atom. The highest BCUT2D eigenvalue weighted by Crippen LogP contribution is 2.42. The number of hydrogen-bond acceptors (Lipinski definition) is 1. The van der Waals surface area contributed by atoms with E-state index in [2.05, 4.69) is 82.3 Å². The molecule has 0 saturated carbocycles. The van der Waals surface area contributed by atoms with Gasteiger partial charge in [0.1, 0.15) is 0 Å². The molecule has 1 aliphatic rings. The number of hydrogen-bond donors (Lipinski definition) is 0. The van der Waals surface area contributed by atoms with Crippen LogP contribution in [-0.2, 0) is 0 Å². The van der Waals surface area contributed by atoms with E-state index in [1.54, 1.807) is 0 Å². The van der Waals surface area contributed by atoms with Gasteiger partial charge in [0, 0.05) is 5.56 Å². The molecular weight excluding hydrogens is 292 g/mol. The molecule has 2 heterocycles. The maximum Gasteiger partial charge on any atom is 0.0959 e. The van der Waals surface area contributed by atoms with Crippen molar-refractivity contribution in [3.63, 3.8) is 0 Å². The van der Waals surface area contributed by atoms with Crippen molar-refractivity contribution in [3.05, 3.63) is 103 Å². The molecule has 0 N–H and O–H groups in total. The summed E-state index contributed by atoms with van der Waals surface area (Å²) in [6.45, 7) is 0. The molecular formula is C22H16N2. The zero-order valence-electron chi connectivity index (χ0n) is 13.1. The summed E-state index contributed by atoms with van der Waals surface area (Å²) in [5.74, 6) is 0. The van der Waals surface area contributed by atoms with E-state index in [0.29, 0.717) is 0 Å². The first-order chi connectivity index (χ1) is 11.9. The second kappa shape index (κ2) is 5.20. The third-order valence-corrected chi connectivity index (χ3v) is 4.81. The van der Waals surface area contributed by atoms with Gasteiger partial charge in [-0.05, 0) is 22.3 Å². The Labute approximate surface area is 141 Å². The van der Waals surface area contributed by atoms with Crippen LogP contribution >= 0.6 is 0 Å². The van der Waals surface area contributed by atoms with Crippen molar-refractivity contribution in [1.82, 2.24) is 9.55 Å². The number of imidazole rings is 1. The molecule has 2 heteroatoms. The lowest BCUT2D eigenvalue weighted by molar-refractivity contribution is 0.712. The molecule has 1 aromatic heterocycles. The molecule has 3 aromatic carbocycles. The SMILES string of the molecule is c1ccc(-c2ccc(C3c4ccccc4-c4cncn43)cc2)cc1. The molecule has 0 amide bonds. The van der Waals surface area contributed by atoms with E-state index in [-0.39, 0.29) is 6.04 Å². The van der Waals surface area contributed by atoms with Crippen LogP contribution in [0.15, 0.2) is 91.4 Å². The van der Waals surface area contributed by atoms with Crippen molar-refractivity contribution in [3.8, 4) is 22.4 Å². The first kappa shape index (κ1) is 13.3. The van der Waals surface area contributed by atoms with Gasteiger partial charge < -0.3 is 4.57 Å². The zero-order valence-corrected chi connectivity index (χ0v) is 13.1. The maximum atomic E-state index is 4.35. The normalized spacial score (nSPS) is 15.1. The Hall–Kier alpha value is -3.13. The van der Waals surface area contributed by atoms with Gasteiger partial charge >= 0.3 is 0 Å². The predicted octanol–water partition coefficient (Wildman–Crippen LogP) is 5.17. The standard InChI is InChI=1S/C22H16N2/c1-2-6-16(7-3-1)17-10-12-18(13-11-17)22-20-9-5-4-8-19(20)21-14-23-15-24(21)22/h1-15,22H. The highest BCUT2D eigenvalue weighted by atomic mass is 15.1. The molecule has 114 valence electrons. The van der Waals surface area contributed by atoms with Crippen LogP contribution in [0.3, 0.4) is 0 Å². The lowest BCUT2D eigenvalue weighted by Gasteiger charge is -2.16. The number of benzene rings is 3. The molecule has 4 aromatic rings. The second-order valence-electron chi connectivity index (χ2n) is 6.16. The Morgan fingerprint density at radius 1 is 0.708 bits per heavy atom. The van der Waals surface area contributed by atoms with Crippen LogP contribution in [-0.4, -0.2) is 9.55 Å². The van der Waals surface area contributed by atoms with Crippen molar-refractivity contribution >= 4 is 0 Å². The minimum atomic E-state index is 0.212. The zero-order chi connectivity index (χ0) is 15.9. The molecule has 1 aliphatic heterocycles. The molecule has 0 fully saturated rings. The number of fused-ring (bicyclic) bond motifs is 3. The Balaban J connectivity index is 1.60. The largest absolute Gasteiger partial charge is 0.319 e. The van der Waals surface area contributed by atoms with Crippen molar-refractivity contribution in [2.75, 3.05) is 0 Å². The molecule has 5 rings (SSSR count). The van der Waals surface area contributed by atoms with E-state index in [4.69, 9.17) is 0 Å². The Bertz CT molecular complexity index is 998. The molecule has 0 spiro atoms. The fraction of sp³-hybridized carbons (Fsp3) is 0.0455. The van der Waals surface area contributed by atoms with Crippen molar-refractivity contribution in [2.24, 2.45) is 0 Å². The monoisotopic (exact) mass is 308 g/mol. The predicted molar refractivity (Wildman–Crippen MR) is 96.8 cm³/mol. The average Bonchev–Trinajstić information content (AvgIpc) is 3.23. The second-order valence-corrected chi connectivity index (χ2v) is 6.16. The topological polar surface area (TPSA) is 17.8 Å². The lowest BCUT2D eigenvalue weighted by atomic mass is 9.95. The molecule has 0 aliphatic carbocycles. The molecule has 0 bridgehead atoms. The van der Waals surface area contributed by atoms with Gasteiger partial charge in [0.2, 0.25) is 0 Å². The summed E-state index contributed by atoms with van der Waals surface area (Å²) in [5, 5.41) is 0. The summed E-state index contributed by atoms with van der Waals surface area (Å²) in [4.78, 5) is 4.35. The highest BCUT2D eigenvalue weighted by molar-refractivity contribution is 5.71. The Morgan fingerprint density at radius 2 is 1.42 bits per heavy atom. The first-order valence-electron chi connectivity index (χ1n) is 8.18. The Kier molecular flexibility index (Phi) is 2.89. The number of aromatic nitrogens is 2. The van der Waals surface area contributed by atoms with Crippen LogP contribution in [0.5, 0.6) is 0 Å². The summed E-state index contributed by atoms with van der Waals surface area (Å²) in [6, 6.07) is 28.2. The minimum absolute atomic E-state index is 0.212. The summed E-state index contributed by atoms with van der Waals surface area (Å²) in [5.41, 5.74) is 7.62. The summed E-state index contributed by atoms with van der Waals surface area (Å²) < 4.78 is 2.27. The van der Waals surface area contributed by atoms with Gasteiger partial charge in [-0.3, -0.25) is 0 Å². The van der Waals surface area contributed by atoms with E-state index < -0.39 is 0 Å². The molecule has 1 atom stereocenters. The van der Waals surface area contributed by atoms with Crippen molar-refractivity contribution < 1.29 is 0 Å². The third kappa shape index (κ3) is 1.93.